The van der Waals surface area contributed by atoms with E-state index >= 15 is 0 Å². The van der Waals surface area contributed by atoms with Crippen molar-refractivity contribution < 1.29 is 9.53 Å². The lowest BCUT2D eigenvalue weighted by atomic mass is 10.2. The molecule has 0 amide bonds. The summed E-state index contributed by atoms with van der Waals surface area (Å²) in [4.78, 5) is 11.3. The SMILES string of the molecule is CCOC(=O)CC(C)Nc1cc(Cl)cc(Cl)c1. The van der Waals surface area contributed by atoms with E-state index in [1.54, 1.807) is 25.1 Å². The summed E-state index contributed by atoms with van der Waals surface area (Å²) in [6, 6.07) is 5.14. The van der Waals surface area contributed by atoms with Crippen molar-refractivity contribution in [2.75, 3.05) is 11.9 Å². The van der Waals surface area contributed by atoms with Crippen LogP contribution in [0.3, 0.4) is 0 Å². The van der Waals surface area contributed by atoms with Crippen molar-refractivity contribution >= 4 is 34.9 Å². The quantitative estimate of drug-likeness (QED) is 0.832. The van der Waals surface area contributed by atoms with Crippen molar-refractivity contribution in [3.8, 4) is 0 Å². The standard InChI is InChI=1S/C12H15Cl2NO2/c1-3-17-12(16)4-8(2)15-11-6-9(13)5-10(14)7-11/h5-8,15H,3-4H2,1-2H3. The third-order valence-corrected chi connectivity index (χ3v) is 2.49. The lowest BCUT2D eigenvalue weighted by Crippen LogP contribution is -2.21. The van der Waals surface area contributed by atoms with Crippen LogP contribution in [0.1, 0.15) is 20.3 Å². The van der Waals surface area contributed by atoms with Gasteiger partial charge in [0.05, 0.1) is 13.0 Å². The van der Waals surface area contributed by atoms with Crippen LogP contribution in [-0.4, -0.2) is 18.6 Å². The topological polar surface area (TPSA) is 38.3 Å². The first-order valence-electron chi connectivity index (χ1n) is 5.39. The smallest absolute Gasteiger partial charge is 0.307 e. The second kappa shape index (κ2) is 6.72. The Bertz CT molecular complexity index is 376. The molecule has 0 bridgehead atoms. The molecule has 0 aromatic heterocycles. The van der Waals surface area contributed by atoms with Crippen molar-refractivity contribution in [1.29, 1.82) is 0 Å². The van der Waals surface area contributed by atoms with Crippen LogP contribution in [0.25, 0.3) is 0 Å². The molecule has 17 heavy (non-hydrogen) atoms. The van der Waals surface area contributed by atoms with Crippen molar-refractivity contribution in [2.24, 2.45) is 0 Å². The second-order valence-electron chi connectivity index (χ2n) is 3.71. The maximum atomic E-state index is 11.3. The minimum atomic E-state index is -0.222. The monoisotopic (exact) mass is 275 g/mol. The summed E-state index contributed by atoms with van der Waals surface area (Å²) in [5.41, 5.74) is 0.791. The van der Waals surface area contributed by atoms with Gasteiger partial charge in [-0.15, -0.1) is 0 Å². The molecule has 0 heterocycles. The van der Waals surface area contributed by atoms with Crippen LogP contribution in [-0.2, 0) is 9.53 Å². The fourth-order valence-electron chi connectivity index (χ4n) is 1.44. The average Bonchev–Trinajstić information content (AvgIpc) is 2.14. The summed E-state index contributed by atoms with van der Waals surface area (Å²) in [7, 11) is 0. The number of ether oxygens (including phenoxy) is 1. The van der Waals surface area contributed by atoms with Gasteiger partial charge in [-0.2, -0.15) is 0 Å². The molecule has 0 radical (unpaired) electrons. The Kier molecular flexibility index (Phi) is 5.59. The van der Waals surface area contributed by atoms with E-state index < -0.39 is 0 Å². The third kappa shape index (κ3) is 5.29. The van der Waals surface area contributed by atoms with Gasteiger partial charge in [0.15, 0.2) is 0 Å². The van der Waals surface area contributed by atoms with E-state index in [-0.39, 0.29) is 12.0 Å². The molecule has 1 N–H and O–H groups in total. The van der Waals surface area contributed by atoms with Gasteiger partial charge in [-0.25, -0.2) is 0 Å². The Labute approximate surface area is 111 Å². The molecule has 5 heteroatoms. The molecule has 1 rings (SSSR count). The highest BCUT2D eigenvalue weighted by Crippen LogP contribution is 2.23. The molecule has 0 aliphatic carbocycles. The van der Waals surface area contributed by atoms with E-state index in [1.807, 2.05) is 6.92 Å². The van der Waals surface area contributed by atoms with Crippen LogP contribution < -0.4 is 5.32 Å². The number of hydrogen-bond acceptors (Lipinski definition) is 3. The summed E-state index contributed by atoms with van der Waals surface area (Å²) < 4.78 is 4.87. The number of benzene rings is 1. The molecule has 0 fully saturated rings. The van der Waals surface area contributed by atoms with Crippen molar-refractivity contribution in [2.45, 2.75) is 26.3 Å². The number of anilines is 1. The summed E-state index contributed by atoms with van der Waals surface area (Å²) in [6.07, 6.45) is 0.304. The maximum absolute atomic E-state index is 11.3. The third-order valence-electron chi connectivity index (χ3n) is 2.05. The van der Waals surface area contributed by atoms with Crippen LogP contribution in [0, 0.1) is 0 Å². The first-order chi connectivity index (χ1) is 8.01. The minimum absolute atomic E-state index is 0.0383. The predicted octanol–water partition coefficient (Wildman–Crippen LogP) is 3.75. The summed E-state index contributed by atoms with van der Waals surface area (Å²) >= 11 is 11.7. The molecule has 0 spiro atoms. The first-order valence-corrected chi connectivity index (χ1v) is 6.15. The minimum Gasteiger partial charge on any atom is -0.466 e. The highest BCUT2D eigenvalue weighted by molar-refractivity contribution is 6.35. The van der Waals surface area contributed by atoms with Gasteiger partial charge >= 0.3 is 5.97 Å². The van der Waals surface area contributed by atoms with Crippen LogP contribution in [0.4, 0.5) is 5.69 Å². The number of carbonyl (C=O) groups is 1. The summed E-state index contributed by atoms with van der Waals surface area (Å²) in [5.74, 6) is -0.222. The fraction of sp³-hybridized carbons (Fsp3) is 0.417. The zero-order chi connectivity index (χ0) is 12.8. The number of rotatable bonds is 5. The van der Waals surface area contributed by atoms with E-state index in [1.165, 1.54) is 0 Å². The summed E-state index contributed by atoms with van der Waals surface area (Å²) in [5, 5.41) is 4.26. The molecule has 0 saturated carbocycles. The zero-order valence-corrected chi connectivity index (χ0v) is 11.3. The molecule has 1 unspecified atom stereocenters. The fourth-order valence-corrected chi connectivity index (χ4v) is 1.97. The van der Waals surface area contributed by atoms with Crippen molar-refractivity contribution in [1.82, 2.24) is 0 Å². The molecule has 0 aliphatic rings. The van der Waals surface area contributed by atoms with Gasteiger partial charge in [0.25, 0.3) is 0 Å². The van der Waals surface area contributed by atoms with Gasteiger partial charge in [0.1, 0.15) is 0 Å². The summed E-state index contributed by atoms with van der Waals surface area (Å²) in [6.45, 7) is 4.08. The Morgan fingerprint density at radius 3 is 2.47 bits per heavy atom. The molecule has 1 aromatic rings. The Hall–Kier alpha value is -0.930. The number of halogens is 2. The molecule has 1 aromatic carbocycles. The Balaban J connectivity index is 2.55. The number of esters is 1. The van der Waals surface area contributed by atoms with E-state index in [9.17, 15) is 4.79 Å². The normalized spacial score (nSPS) is 12.0. The highest BCUT2D eigenvalue weighted by Gasteiger charge is 2.10. The van der Waals surface area contributed by atoms with E-state index in [4.69, 9.17) is 27.9 Å². The molecule has 0 aliphatic heterocycles. The van der Waals surface area contributed by atoms with Crippen LogP contribution in [0.15, 0.2) is 18.2 Å². The van der Waals surface area contributed by atoms with E-state index in [0.717, 1.165) is 5.69 Å². The number of carbonyl (C=O) groups excluding carboxylic acids is 1. The molecule has 94 valence electrons. The largest absolute Gasteiger partial charge is 0.466 e. The van der Waals surface area contributed by atoms with Crippen molar-refractivity contribution in [3.05, 3.63) is 28.2 Å². The highest BCUT2D eigenvalue weighted by atomic mass is 35.5. The van der Waals surface area contributed by atoms with Crippen LogP contribution in [0.2, 0.25) is 10.0 Å². The van der Waals surface area contributed by atoms with Gasteiger partial charge in [0, 0.05) is 21.8 Å². The Morgan fingerprint density at radius 2 is 1.94 bits per heavy atom. The average molecular weight is 276 g/mol. The van der Waals surface area contributed by atoms with Crippen LogP contribution in [0.5, 0.6) is 0 Å². The lowest BCUT2D eigenvalue weighted by Gasteiger charge is -2.14. The predicted molar refractivity (Wildman–Crippen MR) is 70.8 cm³/mol. The molecular weight excluding hydrogens is 261 g/mol. The Morgan fingerprint density at radius 1 is 1.35 bits per heavy atom. The van der Waals surface area contributed by atoms with Gasteiger partial charge < -0.3 is 10.1 Å². The van der Waals surface area contributed by atoms with Gasteiger partial charge in [-0.1, -0.05) is 23.2 Å². The second-order valence-corrected chi connectivity index (χ2v) is 4.59. The maximum Gasteiger partial charge on any atom is 0.307 e. The van der Waals surface area contributed by atoms with E-state index in [2.05, 4.69) is 5.32 Å². The lowest BCUT2D eigenvalue weighted by molar-refractivity contribution is -0.143. The van der Waals surface area contributed by atoms with Crippen LogP contribution >= 0.6 is 23.2 Å². The molecular formula is C12H15Cl2NO2. The van der Waals surface area contributed by atoms with Crippen molar-refractivity contribution in [3.63, 3.8) is 0 Å². The van der Waals surface area contributed by atoms with E-state index in [0.29, 0.717) is 23.1 Å². The van der Waals surface area contributed by atoms with Gasteiger partial charge in [-0.3, -0.25) is 4.79 Å². The number of hydrogen-bond donors (Lipinski definition) is 1. The number of nitrogens with one attached hydrogen (secondary N) is 1. The zero-order valence-electron chi connectivity index (χ0n) is 9.80. The first kappa shape index (κ1) is 14.1. The van der Waals surface area contributed by atoms with Gasteiger partial charge in [0.2, 0.25) is 0 Å². The molecule has 0 saturated heterocycles. The molecule has 1 atom stereocenters. The molecule has 3 nitrogen and oxygen atoms in total. The van der Waals surface area contributed by atoms with Gasteiger partial charge in [-0.05, 0) is 32.0 Å².